The highest BCUT2D eigenvalue weighted by Gasteiger charge is 2.22. The van der Waals surface area contributed by atoms with Crippen LogP contribution in [0.4, 0.5) is 4.79 Å². The lowest BCUT2D eigenvalue weighted by Crippen LogP contribution is -2.41. The van der Waals surface area contributed by atoms with E-state index in [1.807, 2.05) is 6.92 Å². The Bertz CT molecular complexity index is 252. The fourth-order valence-corrected chi connectivity index (χ4v) is 1.54. The molecule has 0 spiro atoms. The summed E-state index contributed by atoms with van der Waals surface area (Å²) in [6.45, 7) is 3.59. The van der Waals surface area contributed by atoms with Crippen molar-refractivity contribution >= 4 is 12.0 Å². The molecule has 0 aromatic rings. The summed E-state index contributed by atoms with van der Waals surface area (Å²) in [4.78, 5) is 23.6. The number of carboxylic acids is 1. The summed E-state index contributed by atoms with van der Waals surface area (Å²) in [5.41, 5.74) is 0. The van der Waals surface area contributed by atoms with Crippen LogP contribution in [-0.2, 0) is 4.79 Å². The third kappa shape index (κ3) is 5.00. The van der Waals surface area contributed by atoms with Crippen molar-refractivity contribution in [2.45, 2.75) is 32.6 Å². The summed E-state index contributed by atoms with van der Waals surface area (Å²) in [5.74, 6) is -0.0813. The van der Waals surface area contributed by atoms with Crippen molar-refractivity contribution in [3.63, 3.8) is 0 Å². The third-order valence-corrected chi connectivity index (χ3v) is 2.79. The molecule has 0 radical (unpaired) electrons. The van der Waals surface area contributed by atoms with Crippen LogP contribution in [0.5, 0.6) is 0 Å². The Balaban J connectivity index is 2.16. The zero-order valence-electron chi connectivity index (χ0n) is 9.74. The van der Waals surface area contributed by atoms with E-state index in [-0.39, 0.29) is 19.0 Å². The van der Waals surface area contributed by atoms with Gasteiger partial charge in [0.1, 0.15) is 0 Å². The number of hydrogen-bond donors (Lipinski definition) is 2. The highest BCUT2D eigenvalue weighted by molar-refractivity contribution is 5.75. The zero-order valence-corrected chi connectivity index (χ0v) is 9.74. The number of carboxylic acid groups (broad SMARTS) is 1. The van der Waals surface area contributed by atoms with Gasteiger partial charge in [-0.05, 0) is 19.3 Å². The van der Waals surface area contributed by atoms with Gasteiger partial charge in [-0.3, -0.25) is 4.79 Å². The van der Waals surface area contributed by atoms with Crippen LogP contribution in [0.1, 0.15) is 32.6 Å². The molecule has 0 aromatic carbocycles. The van der Waals surface area contributed by atoms with Gasteiger partial charge in [0.05, 0.1) is 6.42 Å². The van der Waals surface area contributed by atoms with E-state index in [2.05, 4.69) is 5.32 Å². The molecule has 0 unspecified atom stereocenters. The minimum absolute atomic E-state index is 0.0219. The van der Waals surface area contributed by atoms with E-state index in [4.69, 9.17) is 5.11 Å². The molecule has 0 atom stereocenters. The van der Waals surface area contributed by atoms with Gasteiger partial charge in [0.15, 0.2) is 0 Å². The highest BCUT2D eigenvalue weighted by atomic mass is 16.4. The van der Waals surface area contributed by atoms with Crippen molar-refractivity contribution in [1.29, 1.82) is 0 Å². The summed E-state index contributed by atoms with van der Waals surface area (Å²) < 4.78 is 0. The Morgan fingerprint density at radius 1 is 1.44 bits per heavy atom. The van der Waals surface area contributed by atoms with E-state index < -0.39 is 5.97 Å². The van der Waals surface area contributed by atoms with Gasteiger partial charge in [-0.15, -0.1) is 0 Å². The second kappa shape index (κ2) is 6.35. The molecule has 5 heteroatoms. The lowest BCUT2D eigenvalue weighted by atomic mass is 10.3. The maximum absolute atomic E-state index is 11.6. The summed E-state index contributed by atoms with van der Waals surface area (Å²) in [7, 11) is 0. The van der Waals surface area contributed by atoms with Crippen LogP contribution in [0.15, 0.2) is 0 Å². The molecule has 1 saturated carbocycles. The molecule has 1 rings (SSSR count). The van der Waals surface area contributed by atoms with E-state index in [0.29, 0.717) is 6.54 Å². The minimum atomic E-state index is -0.888. The van der Waals surface area contributed by atoms with Crippen LogP contribution in [0.2, 0.25) is 0 Å². The number of nitrogens with one attached hydrogen (secondary N) is 1. The molecule has 0 aromatic heterocycles. The van der Waals surface area contributed by atoms with Crippen molar-refractivity contribution in [1.82, 2.24) is 10.2 Å². The fourth-order valence-electron chi connectivity index (χ4n) is 1.54. The monoisotopic (exact) mass is 228 g/mol. The standard InChI is InChI=1S/C11H20N2O3/c1-2-13(8-6-9-3-4-9)11(16)12-7-5-10(14)15/h9H,2-8H2,1H3,(H,12,16)(H,14,15). The van der Waals surface area contributed by atoms with Crippen molar-refractivity contribution in [3.8, 4) is 0 Å². The van der Waals surface area contributed by atoms with Crippen LogP contribution in [0.25, 0.3) is 0 Å². The molecular formula is C11H20N2O3. The summed E-state index contributed by atoms with van der Waals surface area (Å²) in [6.07, 6.45) is 3.63. The second-order valence-electron chi connectivity index (χ2n) is 4.19. The zero-order chi connectivity index (χ0) is 12.0. The SMILES string of the molecule is CCN(CCC1CC1)C(=O)NCCC(=O)O. The van der Waals surface area contributed by atoms with E-state index in [1.165, 1.54) is 12.8 Å². The van der Waals surface area contributed by atoms with Crippen molar-refractivity contribution in [2.24, 2.45) is 5.92 Å². The third-order valence-electron chi connectivity index (χ3n) is 2.79. The predicted molar refractivity (Wildman–Crippen MR) is 60.2 cm³/mol. The first kappa shape index (κ1) is 12.8. The maximum Gasteiger partial charge on any atom is 0.317 e. The molecule has 1 fully saturated rings. The van der Waals surface area contributed by atoms with Gasteiger partial charge < -0.3 is 15.3 Å². The first-order valence-corrected chi connectivity index (χ1v) is 5.88. The molecule has 0 heterocycles. The quantitative estimate of drug-likeness (QED) is 0.690. The molecule has 1 aliphatic rings. The van der Waals surface area contributed by atoms with Crippen LogP contribution >= 0.6 is 0 Å². The van der Waals surface area contributed by atoms with E-state index >= 15 is 0 Å². The van der Waals surface area contributed by atoms with Crippen LogP contribution < -0.4 is 5.32 Å². The molecular weight excluding hydrogens is 208 g/mol. The number of urea groups is 1. The molecule has 0 aliphatic heterocycles. The molecule has 2 amide bonds. The maximum atomic E-state index is 11.6. The van der Waals surface area contributed by atoms with Gasteiger partial charge in [0, 0.05) is 19.6 Å². The molecule has 2 N–H and O–H groups in total. The number of carbonyl (C=O) groups excluding carboxylic acids is 1. The van der Waals surface area contributed by atoms with Crippen LogP contribution in [0.3, 0.4) is 0 Å². The molecule has 0 bridgehead atoms. The van der Waals surface area contributed by atoms with E-state index in [1.54, 1.807) is 4.90 Å². The molecule has 1 aliphatic carbocycles. The lowest BCUT2D eigenvalue weighted by molar-refractivity contribution is -0.136. The molecule has 92 valence electrons. The van der Waals surface area contributed by atoms with Gasteiger partial charge in [-0.25, -0.2) is 4.79 Å². The van der Waals surface area contributed by atoms with Gasteiger partial charge in [0.2, 0.25) is 0 Å². The highest BCUT2D eigenvalue weighted by Crippen LogP contribution is 2.32. The summed E-state index contributed by atoms with van der Waals surface area (Å²) in [6, 6.07) is -0.149. The summed E-state index contributed by atoms with van der Waals surface area (Å²) in [5, 5.41) is 11.1. The van der Waals surface area contributed by atoms with Gasteiger partial charge in [-0.2, -0.15) is 0 Å². The number of hydrogen-bond acceptors (Lipinski definition) is 2. The van der Waals surface area contributed by atoms with Crippen molar-refractivity contribution < 1.29 is 14.7 Å². The number of carbonyl (C=O) groups is 2. The topological polar surface area (TPSA) is 69.6 Å². The average Bonchev–Trinajstić information content (AvgIpc) is 3.02. The predicted octanol–water partition coefficient (Wildman–Crippen LogP) is 1.29. The van der Waals surface area contributed by atoms with Crippen LogP contribution in [-0.4, -0.2) is 41.6 Å². The van der Waals surface area contributed by atoms with Gasteiger partial charge in [0.25, 0.3) is 0 Å². The minimum Gasteiger partial charge on any atom is -0.481 e. The van der Waals surface area contributed by atoms with Crippen molar-refractivity contribution in [2.75, 3.05) is 19.6 Å². The number of aliphatic carboxylic acids is 1. The van der Waals surface area contributed by atoms with Crippen LogP contribution in [0, 0.1) is 5.92 Å². The van der Waals surface area contributed by atoms with Gasteiger partial charge >= 0.3 is 12.0 Å². The number of rotatable bonds is 7. The first-order chi connectivity index (χ1) is 7.63. The Morgan fingerprint density at radius 2 is 2.12 bits per heavy atom. The fraction of sp³-hybridized carbons (Fsp3) is 0.818. The Kier molecular flexibility index (Phi) is 5.08. The molecule has 0 saturated heterocycles. The van der Waals surface area contributed by atoms with E-state index in [9.17, 15) is 9.59 Å². The Labute approximate surface area is 95.8 Å². The van der Waals surface area contributed by atoms with Gasteiger partial charge in [-0.1, -0.05) is 12.8 Å². The first-order valence-electron chi connectivity index (χ1n) is 5.88. The lowest BCUT2D eigenvalue weighted by Gasteiger charge is -2.21. The average molecular weight is 228 g/mol. The smallest absolute Gasteiger partial charge is 0.317 e. The molecule has 16 heavy (non-hydrogen) atoms. The number of nitrogens with zero attached hydrogens (tertiary/aromatic N) is 1. The normalized spacial score (nSPS) is 14.6. The Hall–Kier alpha value is -1.26. The Morgan fingerprint density at radius 3 is 2.62 bits per heavy atom. The van der Waals surface area contributed by atoms with Crippen molar-refractivity contribution in [3.05, 3.63) is 0 Å². The summed E-state index contributed by atoms with van der Waals surface area (Å²) >= 11 is 0. The van der Waals surface area contributed by atoms with E-state index in [0.717, 1.165) is 18.9 Å². The number of amides is 2. The molecule has 5 nitrogen and oxygen atoms in total. The second-order valence-corrected chi connectivity index (χ2v) is 4.19. The largest absolute Gasteiger partial charge is 0.481 e.